The van der Waals surface area contributed by atoms with Crippen LogP contribution in [0.5, 0.6) is 0 Å². The normalized spacial score (nSPS) is 14.2. The molecule has 1 aromatic heterocycles. The van der Waals surface area contributed by atoms with Gasteiger partial charge < -0.3 is 14.8 Å². The van der Waals surface area contributed by atoms with Crippen LogP contribution in [0.2, 0.25) is 0 Å². The predicted molar refractivity (Wildman–Crippen MR) is 87.3 cm³/mol. The Labute approximate surface area is 131 Å². The molecule has 0 saturated carbocycles. The summed E-state index contributed by atoms with van der Waals surface area (Å²) in [7, 11) is 0. The molecule has 0 bridgehead atoms. The van der Waals surface area contributed by atoms with Gasteiger partial charge in [-0.05, 0) is 23.8 Å². The number of aliphatic hydroxyl groups excluding tert-OH is 2. The van der Waals surface area contributed by atoms with Crippen molar-refractivity contribution >= 4 is 26.8 Å². The van der Waals surface area contributed by atoms with Crippen molar-refractivity contribution in [1.82, 2.24) is 4.57 Å². The first kappa shape index (κ1) is 14.3. The highest BCUT2D eigenvalue weighted by Crippen LogP contribution is 2.31. The molecular weight excluding hydrogens is 330 g/mol. The quantitative estimate of drug-likeness (QED) is 0.761. The van der Waals surface area contributed by atoms with Crippen molar-refractivity contribution in [1.29, 1.82) is 0 Å². The van der Waals surface area contributed by atoms with Crippen LogP contribution in [0, 0.1) is 0 Å². The molecule has 0 saturated heterocycles. The Balaban J connectivity index is 2.18. The second kappa shape index (κ2) is 6.02. The number of benzene rings is 2. The molecule has 0 aliphatic carbocycles. The lowest BCUT2D eigenvalue weighted by Gasteiger charge is -2.25. The lowest BCUT2D eigenvalue weighted by atomic mass is 10.0. The van der Waals surface area contributed by atoms with Crippen molar-refractivity contribution in [3.63, 3.8) is 0 Å². The van der Waals surface area contributed by atoms with E-state index in [1.807, 2.05) is 65.4 Å². The standard InChI is InChI=1S/C17H16BrNO2/c18-14-7-4-8-15-13(14)9-10-19(15)17(16(21)11-20)12-5-2-1-3-6-12/h1-10,16-17,20-21H,11H2/t16-,17+/m1/s1. The molecule has 2 atom stereocenters. The highest BCUT2D eigenvalue weighted by molar-refractivity contribution is 9.10. The zero-order valence-corrected chi connectivity index (χ0v) is 12.9. The molecule has 0 spiro atoms. The fraction of sp³-hybridized carbons (Fsp3) is 0.176. The van der Waals surface area contributed by atoms with E-state index in [0.29, 0.717) is 0 Å². The van der Waals surface area contributed by atoms with Crippen molar-refractivity contribution in [2.24, 2.45) is 0 Å². The summed E-state index contributed by atoms with van der Waals surface area (Å²) in [4.78, 5) is 0. The van der Waals surface area contributed by atoms with Crippen LogP contribution in [0.4, 0.5) is 0 Å². The van der Waals surface area contributed by atoms with Gasteiger partial charge >= 0.3 is 0 Å². The van der Waals surface area contributed by atoms with Crippen molar-refractivity contribution in [3.8, 4) is 0 Å². The van der Waals surface area contributed by atoms with Crippen LogP contribution >= 0.6 is 15.9 Å². The van der Waals surface area contributed by atoms with Crippen LogP contribution in [0.25, 0.3) is 10.9 Å². The van der Waals surface area contributed by atoms with Gasteiger partial charge in [-0.2, -0.15) is 0 Å². The Kier molecular flexibility index (Phi) is 4.10. The molecule has 21 heavy (non-hydrogen) atoms. The predicted octanol–water partition coefficient (Wildman–Crippen LogP) is 3.35. The van der Waals surface area contributed by atoms with E-state index in [1.54, 1.807) is 0 Å². The summed E-state index contributed by atoms with van der Waals surface area (Å²) >= 11 is 3.54. The van der Waals surface area contributed by atoms with Crippen molar-refractivity contribution < 1.29 is 10.2 Å². The molecule has 0 radical (unpaired) electrons. The third kappa shape index (κ3) is 2.62. The summed E-state index contributed by atoms with van der Waals surface area (Å²) in [5.41, 5.74) is 1.99. The molecule has 1 heterocycles. The van der Waals surface area contributed by atoms with Crippen molar-refractivity contribution in [2.75, 3.05) is 6.61 Å². The summed E-state index contributed by atoms with van der Waals surface area (Å²) < 4.78 is 3.03. The fourth-order valence-electron chi connectivity index (χ4n) is 2.71. The smallest absolute Gasteiger partial charge is 0.102 e. The van der Waals surface area contributed by atoms with E-state index in [2.05, 4.69) is 15.9 Å². The number of hydrogen-bond acceptors (Lipinski definition) is 2. The first-order chi connectivity index (χ1) is 10.2. The molecule has 2 N–H and O–H groups in total. The van der Waals surface area contributed by atoms with Gasteiger partial charge in [0.15, 0.2) is 0 Å². The molecular formula is C17H16BrNO2. The van der Waals surface area contributed by atoms with Gasteiger partial charge in [0, 0.05) is 21.6 Å². The molecule has 0 unspecified atom stereocenters. The van der Waals surface area contributed by atoms with Crippen LogP contribution in [0.15, 0.2) is 65.3 Å². The molecule has 0 fully saturated rings. The van der Waals surface area contributed by atoms with E-state index in [4.69, 9.17) is 0 Å². The van der Waals surface area contributed by atoms with E-state index in [-0.39, 0.29) is 12.6 Å². The van der Waals surface area contributed by atoms with Crippen molar-refractivity contribution in [3.05, 3.63) is 70.8 Å². The summed E-state index contributed by atoms with van der Waals surface area (Å²) in [5.74, 6) is 0. The Morgan fingerprint density at radius 2 is 1.76 bits per heavy atom. The van der Waals surface area contributed by atoms with Gasteiger partial charge in [-0.3, -0.25) is 0 Å². The molecule has 4 heteroatoms. The summed E-state index contributed by atoms with van der Waals surface area (Å²) in [6.07, 6.45) is 1.09. The van der Waals surface area contributed by atoms with Gasteiger partial charge in [0.2, 0.25) is 0 Å². The van der Waals surface area contributed by atoms with E-state index in [0.717, 1.165) is 20.9 Å². The SMILES string of the molecule is OC[C@@H](O)[C@H](c1ccccc1)n1ccc2c(Br)cccc21. The molecule has 2 aromatic carbocycles. The van der Waals surface area contributed by atoms with Gasteiger partial charge in [0.25, 0.3) is 0 Å². The average molecular weight is 346 g/mol. The first-order valence-electron chi connectivity index (χ1n) is 6.81. The van der Waals surface area contributed by atoms with E-state index < -0.39 is 6.10 Å². The second-order valence-electron chi connectivity index (χ2n) is 5.00. The summed E-state index contributed by atoms with van der Waals surface area (Å²) in [6, 6.07) is 17.4. The maximum atomic E-state index is 10.3. The number of aromatic nitrogens is 1. The number of halogens is 1. The van der Waals surface area contributed by atoms with E-state index in [1.165, 1.54) is 0 Å². The Hall–Kier alpha value is -1.62. The molecule has 3 nitrogen and oxygen atoms in total. The van der Waals surface area contributed by atoms with Crippen LogP contribution < -0.4 is 0 Å². The van der Waals surface area contributed by atoms with Crippen LogP contribution in [-0.4, -0.2) is 27.5 Å². The largest absolute Gasteiger partial charge is 0.394 e. The van der Waals surface area contributed by atoms with Gasteiger partial charge in [-0.25, -0.2) is 0 Å². The number of nitrogens with zero attached hydrogens (tertiary/aromatic N) is 1. The maximum Gasteiger partial charge on any atom is 0.102 e. The highest BCUT2D eigenvalue weighted by atomic mass is 79.9. The molecule has 0 aliphatic heterocycles. The van der Waals surface area contributed by atoms with Crippen LogP contribution in [-0.2, 0) is 0 Å². The Morgan fingerprint density at radius 3 is 2.48 bits per heavy atom. The van der Waals surface area contributed by atoms with Crippen LogP contribution in [0.1, 0.15) is 11.6 Å². The number of aliphatic hydroxyl groups is 2. The lowest BCUT2D eigenvalue weighted by molar-refractivity contribution is 0.0654. The third-order valence-corrected chi connectivity index (χ3v) is 4.39. The van der Waals surface area contributed by atoms with E-state index >= 15 is 0 Å². The number of hydrogen-bond donors (Lipinski definition) is 2. The highest BCUT2D eigenvalue weighted by Gasteiger charge is 2.23. The van der Waals surface area contributed by atoms with Gasteiger partial charge in [0.05, 0.1) is 12.6 Å². The minimum atomic E-state index is -0.859. The Morgan fingerprint density at radius 1 is 1.00 bits per heavy atom. The second-order valence-corrected chi connectivity index (χ2v) is 5.86. The number of fused-ring (bicyclic) bond motifs is 1. The zero-order chi connectivity index (χ0) is 14.8. The Bertz CT molecular complexity index is 739. The molecule has 3 rings (SSSR count). The van der Waals surface area contributed by atoms with Crippen molar-refractivity contribution in [2.45, 2.75) is 12.1 Å². The maximum absolute atomic E-state index is 10.3. The molecule has 3 aromatic rings. The minimum Gasteiger partial charge on any atom is -0.394 e. The molecule has 0 amide bonds. The average Bonchev–Trinajstić information content (AvgIpc) is 2.94. The minimum absolute atomic E-state index is 0.284. The lowest BCUT2D eigenvalue weighted by Crippen LogP contribution is -2.27. The fourth-order valence-corrected chi connectivity index (χ4v) is 3.20. The zero-order valence-electron chi connectivity index (χ0n) is 11.4. The van der Waals surface area contributed by atoms with Gasteiger partial charge in [-0.1, -0.05) is 52.3 Å². The summed E-state index contributed by atoms with van der Waals surface area (Å²) in [5, 5.41) is 20.8. The monoisotopic (exact) mass is 345 g/mol. The van der Waals surface area contributed by atoms with Gasteiger partial charge in [-0.15, -0.1) is 0 Å². The van der Waals surface area contributed by atoms with Gasteiger partial charge in [0.1, 0.15) is 6.10 Å². The van der Waals surface area contributed by atoms with Crippen LogP contribution in [0.3, 0.4) is 0 Å². The molecule has 0 aliphatic rings. The summed E-state index contributed by atoms with van der Waals surface area (Å²) in [6.45, 7) is -0.284. The molecule has 108 valence electrons. The third-order valence-electron chi connectivity index (χ3n) is 3.70. The topological polar surface area (TPSA) is 45.4 Å². The van der Waals surface area contributed by atoms with E-state index in [9.17, 15) is 10.2 Å². The first-order valence-corrected chi connectivity index (χ1v) is 7.60. The number of rotatable bonds is 4.